The highest BCUT2D eigenvalue weighted by Crippen LogP contribution is 2.57. The highest BCUT2D eigenvalue weighted by atomic mass is 16.5. The van der Waals surface area contributed by atoms with Crippen LogP contribution in [0, 0.1) is 5.92 Å². The van der Waals surface area contributed by atoms with Gasteiger partial charge in [-0.25, -0.2) is 4.79 Å². The van der Waals surface area contributed by atoms with Crippen LogP contribution in [0.2, 0.25) is 0 Å². The Hall–Kier alpha value is -1.81. The quantitative estimate of drug-likeness (QED) is 0.831. The summed E-state index contributed by atoms with van der Waals surface area (Å²) in [5.41, 5.74) is 5.12. The van der Waals surface area contributed by atoms with Crippen LogP contribution >= 0.6 is 0 Å². The fraction of sp³-hybridized carbons (Fsp3) is 0.571. The average molecular weight is 342 g/mol. The van der Waals surface area contributed by atoms with E-state index in [0.717, 1.165) is 40.9 Å². The van der Waals surface area contributed by atoms with Crippen molar-refractivity contribution in [3.63, 3.8) is 0 Å². The number of aliphatic hydroxyl groups excluding tert-OH is 1. The number of carbonyl (C=O) groups is 1. The van der Waals surface area contributed by atoms with Crippen molar-refractivity contribution in [1.29, 1.82) is 0 Å². The Balaban J connectivity index is 1.90. The van der Waals surface area contributed by atoms with Crippen LogP contribution in [0.15, 0.2) is 23.3 Å². The van der Waals surface area contributed by atoms with Gasteiger partial charge in [-0.1, -0.05) is 32.9 Å². The second-order valence-corrected chi connectivity index (χ2v) is 8.11. The van der Waals surface area contributed by atoms with Crippen LogP contribution in [0.3, 0.4) is 0 Å². The first kappa shape index (κ1) is 16.6. The normalized spacial score (nSPS) is 30.7. The van der Waals surface area contributed by atoms with Crippen molar-refractivity contribution in [2.24, 2.45) is 5.92 Å². The van der Waals surface area contributed by atoms with E-state index in [0.29, 0.717) is 18.9 Å². The summed E-state index contributed by atoms with van der Waals surface area (Å²) >= 11 is 0. The molecule has 1 heterocycles. The van der Waals surface area contributed by atoms with Crippen molar-refractivity contribution in [3.8, 4) is 5.75 Å². The molecule has 0 spiro atoms. The van der Waals surface area contributed by atoms with Crippen LogP contribution in [0.4, 0.5) is 0 Å². The van der Waals surface area contributed by atoms with Crippen LogP contribution in [0.25, 0.3) is 0 Å². The molecule has 25 heavy (non-hydrogen) atoms. The molecular weight excluding hydrogens is 316 g/mol. The molecule has 1 aliphatic heterocycles. The van der Waals surface area contributed by atoms with Crippen LogP contribution in [0.5, 0.6) is 5.75 Å². The molecule has 0 radical (unpaired) electrons. The van der Waals surface area contributed by atoms with Gasteiger partial charge in [0.1, 0.15) is 12.4 Å². The molecule has 0 saturated carbocycles. The molecule has 2 aliphatic carbocycles. The van der Waals surface area contributed by atoms with Crippen molar-refractivity contribution in [2.75, 3.05) is 13.7 Å². The van der Waals surface area contributed by atoms with Gasteiger partial charge in [-0.15, -0.1) is 0 Å². The third kappa shape index (κ3) is 2.20. The minimum absolute atomic E-state index is 0.0931. The molecule has 1 N–H and O–H groups in total. The highest BCUT2D eigenvalue weighted by molar-refractivity contribution is 5.92. The highest BCUT2D eigenvalue weighted by Gasteiger charge is 2.51. The number of fused-ring (bicyclic) bond motifs is 4. The third-order valence-corrected chi connectivity index (χ3v) is 6.54. The van der Waals surface area contributed by atoms with Gasteiger partial charge in [-0.05, 0) is 47.8 Å². The Labute approximate surface area is 148 Å². The van der Waals surface area contributed by atoms with Crippen molar-refractivity contribution in [2.45, 2.75) is 57.5 Å². The minimum Gasteiger partial charge on any atom is -0.496 e. The van der Waals surface area contributed by atoms with Gasteiger partial charge in [-0.2, -0.15) is 0 Å². The molecule has 3 aliphatic rings. The summed E-state index contributed by atoms with van der Waals surface area (Å²) in [7, 11) is 1.69. The van der Waals surface area contributed by atoms with Crippen LogP contribution in [-0.4, -0.2) is 24.8 Å². The summed E-state index contributed by atoms with van der Waals surface area (Å²) < 4.78 is 11.0. The first-order valence-electron chi connectivity index (χ1n) is 9.16. The molecule has 3 atom stereocenters. The predicted molar refractivity (Wildman–Crippen MR) is 94.7 cm³/mol. The van der Waals surface area contributed by atoms with Crippen LogP contribution in [0.1, 0.15) is 68.7 Å². The maximum Gasteiger partial charge on any atom is 0.334 e. The Morgan fingerprint density at radius 2 is 2.12 bits per heavy atom. The molecule has 4 nitrogen and oxygen atoms in total. The van der Waals surface area contributed by atoms with E-state index < -0.39 is 6.10 Å². The summed E-state index contributed by atoms with van der Waals surface area (Å²) in [4.78, 5) is 12.0. The first-order valence-corrected chi connectivity index (χ1v) is 9.16. The molecule has 1 aromatic rings. The number of cyclic esters (lactones) is 1. The van der Waals surface area contributed by atoms with E-state index in [-0.39, 0.29) is 17.3 Å². The molecule has 3 unspecified atom stereocenters. The lowest BCUT2D eigenvalue weighted by atomic mass is 9.56. The maximum absolute atomic E-state index is 12.0. The standard InChI is InChI=1S/C21H26O4/c1-11(2)12-5-6-15-18(19(12)24-4)17(22)9-16-14-10-25-20(23)13(14)7-8-21(15,16)3/h5-6,11,16-17,22H,7-10H2,1-4H3. The number of benzene rings is 1. The molecule has 4 rings (SSSR count). The Bertz CT molecular complexity index is 776. The second-order valence-electron chi connectivity index (χ2n) is 8.11. The van der Waals surface area contributed by atoms with E-state index in [1.54, 1.807) is 7.11 Å². The molecule has 0 saturated heterocycles. The van der Waals surface area contributed by atoms with E-state index in [9.17, 15) is 9.90 Å². The Morgan fingerprint density at radius 3 is 2.80 bits per heavy atom. The van der Waals surface area contributed by atoms with Crippen molar-refractivity contribution in [3.05, 3.63) is 40.0 Å². The summed E-state index contributed by atoms with van der Waals surface area (Å²) in [5, 5.41) is 11.0. The zero-order valence-corrected chi connectivity index (χ0v) is 15.4. The van der Waals surface area contributed by atoms with Crippen LogP contribution in [-0.2, 0) is 14.9 Å². The lowest BCUT2D eigenvalue weighted by Gasteiger charge is -2.48. The van der Waals surface area contributed by atoms with Gasteiger partial charge >= 0.3 is 5.97 Å². The SMILES string of the molecule is COc1c(C(C)C)ccc2c1C(O)CC1C3=C(CCC21C)C(=O)OC3. The third-order valence-electron chi connectivity index (χ3n) is 6.54. The molecule has 134 valence electrons. The Morgan fingerprint density at radius 1 is 1.36 bits per heavy atom. The van der Waals surface area contributed by atoms with Gasteiger partial charge in [0.05, 0.1) is 13.2 Å². The van der Waals surface area contributed by atoms with Gasteiger partial charge in [0.15, 0.2) is 0 Å². The fourth-order valence-electron chi connectivity index (χ4n) is 5.16. The molecule has 1 aromatic carbocycles. The van der Waals surface area contributed by atoms with Gasteiger partial charge in [0.25, 0.3) is 0 Å². The van der Waals surface area contributed by atoms with Crippen molar-refractivity contribution >= 4 is 5.97 Å². The smallest absolute Gasteiger partial charge is 0.334 e. The van der Waals surface area contributed by atoms with Crippen LogP contribution < -0.4 is 4.74 Å². The predicted octanol–water partition coefficient (Wildman–Crippen LogP) is 3.78. The zero-order chi connectivity index (χ0) is 17.9. The molecule has 0 amide bonds. The molecule has 0 bridgehead atoms. The average Bonchev–Trinajstić information content (AvgIpc) is 2.96. The van der Waals surface area contributed by atoms with Crippen molar-refractivity contribution in [1.82, 2.24) is 0 Å². The molecule has 0 fully saturated rings. The number of rotatable bonds is 2. The van der Waals surface area contributed by atoms with Gasteiger partial charge < -0.3 is 14.6 Å². The summed E-state index contributed by atoms with van der Waals surface area (Å²) in [6.07, 6.45) is 1.70. The van der Waals surface area contributed by atoms with E-state index in [4.69, 9.17) is 9.47 Å². The summed E-state index contributed by atoms with van der Waals surface area (Å²) in [6, 6.07) is 4.31. The van der Waals surface area contributed by atoms with Gasteiger partial charge in [0, 0.05) is 16.6 Å². The van der Waals surface area contributed by atoms with E-state index >= 15 is 0 Å². The summed E-state index contributed by atoms with van der Waals surface area (Å²) in [6.45, 7) is 6.94. The lowest BCUT2D eigenvalue weighted by Crippen LogP contribution is -2.42. The molecular formula is C21H26O4. The first-order chi connectivity index (χ1) is 11.9. The number of aliphatic hydroxyl groups is 1. The van der Waals surface area contributed by atoms with E-state index in [1.165, 1.54) is 5.56 Å². The minimum atomic E-state index is -0.579. The molecule has 0 aromatic heterocycles. The number of carbonyl (C=O) groups excluding carboxylic acids is 1. The lowest BCUT2D eigenvalue weighted by molar-refractivity contribution is -0.136. The Kier molecular flexibility index (Phi) is 3.73. The maximum atomic E-state index is 12.0. The summed E-state index contributed by atoms with van der Waals surface area (Å²) in [5.74, 6) is 1.16. The topological polar surface area (TPSA) is 55.8 Å². The monoisotopic (exact) mass is 342 g/mol. The number of esters is 1. The second kappa shape index (κ2) is 5.60. The van der Waals surface area contributed by atoms with E-state index in [2.05, 4.69) is 32.9 Å². The van der Waals surface area contributed by atoms with E-state index in [1.807, 2.05) is 0 Å². The van der Waals surface area contributed by atoms with Crippen molar-refractivity contribution < 1.29 is 19.4 Å². The number of methoxy groups -OCH3 is 1. The molecule has 4 heteroatoms. The number of hydrogen-bond donors (Lipinski definition) is 1. The number of ether oxygens (including phenoxy) is 2. The number of hydrogen-bond acceptors (Lipinski definition) is 4. The van der Waals surface area contributed by atoms with Gasteiger partial charge in [-0.3, -0.25) is 0 Å². The largest absolute Gasteiger partial charge is 0.496 e. The zero-order valence-electron chi connectivity index (χ0n) is 15.4. The van der Waals surface area contributed by atoms with Gasteiger partial charge in [0.2, 0.25) is 0 Å². The fourth-order valence-corrected chi connectivity index (χ4v) is 5.16.